The molecular formula is C19H22F2N2O2. The fraction of sp³-hybridized carbons (Fsp3) is 0.316. The molecule has 0 spiro atoms. The Morgan fingerprint density at radius 3 is 2.48 bits per heavy atom. The number of ether oxygens (including phenoxy) is 1. The standard InChI is InChI=1S/C19H22F2N2O2/c1-2-23(15-9-4-3-5-10-15)14-8-13-22-18(24)16-11-6-7-12-17(16)25-19(20)21/h3-7,9-12,19H,2,8,13-14H2,1H3,(H,22,24). The van der Waals surface area contributed by atoms with Gasteiger partial charge >= 0.3 is 6.61 Å². The number of rotatable bonds is 9. The van der Waals surface area contributed by atoms with Crippen molar-refractivity contribution in [3.05, 3.63) is 60.2 Å². The van der Waals surface area contributed by atoms with Crippen LogP contribution in [0.15, 0.2) is 54.6 Å². The first kappa shape index (κ1) is 18.7. The SMILES string of the molecule is CCN(CCCNC(=O)c1ccccc1OC(F)F)c1ccccc1. The van der Waals surface area contributed by atoms with Gasteiger partial charge in [-0.05, 0) is 37.6 Å². The third-order valence-corrected chi connectivity index (χ3v) is 3.74. The van der Waals surface area contributed by atoms with E-state index in [9.17, 15) is 13.6 Å². The maximum absolute atomic E-state index is 12.4. The molecule has 0 unspecified atom stereocenters. The Hall–Kier alpha value is -2.63. The molecule has 0 atom stereocenters. The molecular weight excluding hydrogens is 326 g/mol. The van der Waals surface area contributed by atoms with Gasteiger partial charge in [0.2, 0.25) is 0 Å². The summed E-state index contributed by atoms with van der Waals surface area (Å²) in [5.74, 6) is -0.534. The lowest BCUT2D eigenvalue weighted by Crippen LogP contribution is -2.30. The second-order valence-electron chi connectivity index (χ2n) is 5.40. The van der Waals surface area contributed by atoms with E-state index in [0.717, 1.165) is 25.2 Å². The Balaban J connectivity index is 1.84. The molecule has 0 saturated carbocycles. The van der Waals surface area contributed by atoms with Crippen molar-refractivity contribution in [1.82, 2.24) is 5.32 Å². The summed E-state index contributed by atoms with van der Waals surface area (Å²) in [4.78, 5) is 14.4. The number of hydrogen-bond donors (Lipinski definition) is 1. The third-order valence-electron chi connectivity index (χ3n) is 3.74. The fourth-order valence-electron chi connectivity index (χ4n) is 2.53. The summed E-state index contributed by atoms with van der Waals surface area (Å²) < 4.78 is 29.2. The zero-order valence-corrected chi connectivity index (χ0v) is 14.1. The van der Waals surface area contributed by atoms with E-state index in [1.165, 1.54) is 12.1 Å². The summed E-state index contributed by atoms with van der Waals surface area (Å²) in [5.41, 5.74) is 1.24. The Bertz CT molecular complexity index is 665. The molecule has 0 fully saturated rings. The molecule has 134 valence electrons. The normalized spacial score (nSPS) is 10.6. The zero-order chi connectivity index (χ0) is 18.1. The number of nitrogens with one attached hydrogen (secondary N) is 1. The fourth-order valence-corrected chi connectivity index (χ4v) is 2.53. The van der Waals surface area contributed by atoms with Gasteiger partial charge in [-0.25, -0.2) is 0 Å². The van der Waals surface area contributed by atoms with Crippen molar-refractivity contribution in [2.24, 2.45) is 0 Å². The van der Waals surface area contributed by atoms with E-state index in [1.807, 2.05) is 30.3 Å². The molecule has 0 heterocycles. The molecule has 0 saturated heterocycles. The minimum atomic E-state index is -2.96. The van der Waals surface area contributed by atoms with Gasteiger partial charge in [-0.2, -0.15) is 8.78 Å². The van der Waals surface area contributed by atoms with Gasteiger partial charge in [0, 0.05) is 25.3 Å². The molecule has 0 aliphatic rings. The summed E-state index contributed by atoms with van der Waals surface area (Å²) in [7, 11) is 0. The molecule has 4 nitrogen and oxygen atoms in total. The smallest absolute Gasteiger partial charge is 0.387 e. The van der Waals surface area contributed by atoms with Crippen LogP contribution in [-0.4, -0.2) is 32.2 Å². The van der Waals surface area contributed by atoms with E-state index in [2.05, 4.69) is 21.9 Å². The van der Waals surface area contributed by atoms with Crippen LogP contribution in [0.4, 0.5) is 14.5 Å². The number of alkyl halides is 2. The van der Waals surface area contributed by atoms with Gasteiger partial charge in [-0.3, -0.25) is 4.79 Å². The van der Waals surface area contributed by atoms with Crippen LogP contribution in [0.2, 0.25) is 0 Å². The predicted octanol–water partition coefficient (Wildman–Crippen LogP) is 3.93. The number of amides is 1. The first-order valence-corrected chi connectivity index (χ1v) is 8.24. The van der Waals surface area contributed by atoms with E-state index in [0.29, 0.717) is 6.54 Å². The number of hydrogen-bond acceptors (Lipinski definition) is 3. The van der Waals surface area contributed by atoms with Crippen LogP contribution >= 0.6 is 0 Å². The highest BCUT2D eigenvalue weighted by molar-refractivity contribution is 5.96. The molecule has 0 aliphatic carbocycles. The highest BCUT2D eigenvalue weighted by atomic mass is 19.3. The molecule has 1 amide bonds. The van der Waals surface area contributed by atoms with Gasteiger partial charge in [0.05, 0.1) is 5.56 Å². The lowest BCUT2D eigenvalue weighted by Gasteiger charge is -2.23. The maximum atomic E-state index is 12.4. The van der Waals surface area contributed by atoms with Crippen LogP contribution in [0.3, 0.4) is 0 Å². The average molecular weight is 348 g/mol. The van der Waals surface area contributed by atoms with Crippen molar-refractivity contribution in [1.29, 1.82) is 0 Å². The van der Waals surface area contributed by atoms with Crippen LogP contribution in [0.1, 0.15) is 23.7 Å². The van der Waals surface area contributed by atoms with Crippen molar-refractivity contribution in [3.63, 3.8) is 0 Å². The lowest BCUT2D eigenvalue weighted by molar-refractivity contribution is -0.0501. The van der Waals surface area contributed by atoms with Crippen LogP contribution in [0.5, 0.6) is 5.75 Å². The Morgan fingerprint density at radius 2 is 1.80 bits per heavy atom. The van der Waals surface area contributed by atoms with Gasteiger partial charge in [0.15, 0.2) is 0 Å². The van der Waals surface area contributed by atoms with E-state index in [-0.39, 0.29) is 11.3 Å². The maximum Gasteiger partial charge on any atom is 0.387 e. The molecule has 0 aliphatic heterocycles. The minimum Gasteiger partial charge on any atom is -0.434 e. The first-order valence-electron chi connectivity index (χ1n) is 8.24. The number of carbonyl (C=O) groups excluding carboxylic acids is 1. The van der Waals surface area contributed by atoms with Crippen molar-refractivity contribution in [3.8, 4) is 5.75 Å². The van der Waals surface area contributed by atoms with E-state index in [4.69, 9.17) is 0 Å². The van der Waals surface area contributed by atoms with Crippen LogP contribution < -0.4 is 15.0 Å². The highest BCUT2D eigenvalue weighted by Crippen LogP contribution is 2.20. The number of halogens is 2. The van der Waals surface area contributed by atoms with E-state index >= 15 is 0 Å². The van der Waals surface area contributed by atoms with Crippen molar-refractivity contribution < 1.29 is 18.3 Å². The number of benzene rings is 2. The van der Waals surface area contributed by atoms with Gasteiger partial charge in [0.25, 0.3) is 5.91 Å². The molecule has 0 aromatic heterocycles. The number of nitrogens with zero attached hydrogens (tertiary/aromatic N) is 1. The largest absolute Gasteiger partial charge is 0.434 e. The highest BCUT2D eigenvalue weighted by Gasteiger charge is 2.14. The summed E-state index contributed by atoms with van der Waals surface area (Å²) in [6.45, 7) is 1.21. The van der Waals surface area contributed by atoms with Gasteiger partial charge in [-0.1, -0.05) is 30.3 Å². The molecule has 25 heavy (non-hydrogen) atoms. The molecule has 2 aromatic rings. The minimum absolute atomic E-state index is 0.109. The van der Waals surface area contributed by atoms with Gasteiger partial charge < -0.3 is 15.0 Å². The molecule has 0 radical (unpaired) electrons. The van der Waals surface area contributed by atoms with E-state index in [1.54, 1.807) is 12.1 Å². The van der Waals surface area contributed by atoms with Crippen molar-refractivity contribution in [2.45, 2.75) is 20.0 Å². The quantitative estimate of drug-likeness (QED) is 0.698. The average Bonchev–Trinajstić information content (AvgIpc) is 2.62. The Kier molecular flexibility index (Phi) is 7.19. The molecule has 1 N–H and O–H groups in total. The lowest BCUT2D eigenvalue weighted by atomic mass is 10.2. The number of anilines is 1. The molecule has 2 rings (SSSR count). The molecule has 0 bridgehead atoms. The number of carbonyl (C=O) groups is 1. The summed E-state index contributed by atoms with van der Waals surface area (Å²) in [5, 5.41) is 2.75. The zero-order valence-electron chi connectivity index (χ0n) is 14.1. The molecule has 6 heteroatoms. The van der Waals surface area contributed by atoms with Crippen LogP contribution in [-0.2, 0) is 0 Å². The van der Waals surface area contributed by atoms with Crippen molar-refractivity contribution in [2.75, 3.05) is 24.5 Å². The summed E-state index contributed by atoms with van der Waals surface area (Å²) in [6.07, 6.45) is 0.742. The summed E-state index contributed by atoms with van der Waals surface area (Å²) in [6, 6.07) is 16.0. The third kappa shape index (κ3) is 5.74. The monoisotopic (exact) mass is 348 g/mol. The Morgan fingerprint density at radius 1 is 1.12 bits per heavy atom. The van der Waals surface area contributed by atoms with Crippen LogP contribution in [0.25, 0.3) is 0 Å². The van der Waals surface area contributed by atoms with Crippen LogP contribution in [0, 0.1) is 0 Å². The first-order chi connectivity index (χ1) is 12.1. The van der Waals surface area contributed by atoms with Crippen molar-refractivity contribution >= 4 is 11.6 Å². The Labute approximate surface area is 146 Å². The second kappa shape index (κ2) is 9.61. The second-order valence-corrected chi connectivity index (χ2v) is 5.40. The topological polar surface area (TPSA) is 41.6 Å². The predicted molar refractivity (Wildman–Crippen MR) is 94.4 cm³/mol. The van der Waals surface area contributed by atoms with Gasteiger partial charge in [-0.15, -0.1) is 0 Å². The van der Waals surface area contributed by atoms with Gasteiger partial charge in [0.1, 0.15) is 5.75 Å². The molecule has 2 aromatic carbocycles. The summed E-state index contributed by atoms with van der Waals surface area (Å²) >= 11 is 0. The van der Waals surface area contributed by atoms with E-state index < -0.39 is 12.5 Å². The number of para-hydroxylation sites is 2.